The predicted molar refractivity (Wildman–Crippen MR) is 91.6 cm³/mol. The lowest BCUT2D eigenvalue weighted by molar-refractivity contribution is 0.258. The zero-order chi connectivity index (χ0) is 16.2. The van der Waals surface area contributed by atoms with Crippen molar-refractivity contribution in [3.05, 3.63) is 24.3 Å². The standard InChI is InChI=1S/C15H26N4O2S/c1-4-9-18-10-12-19(13-11-18)15-7-5-14(6-8-15)16-22(20,21)17(2)3/h5-8,16H,4,9-13H2,1-3H3. The Bertz CT molecular complexity index is 564. The molecule has 0 spiro atoms. The zero-order valence-corrected chi connectivity index (χ0v) is 14.4. The van der Waals surface area contributed by atoms with E-state index >= 15 is 0 Å². The van der Waals surface area contributed by atoms with E-state index in [1.54, 1.807) is 0 Å². The lowest BCUT2D eigenvalue weighted by Crippen LogP contribution is -2.46. The molecule has 1 aliphatic rings. The molecular weight excluding hydrogens is 300 g/mol. The van der Waals surface area contributed by atoms with Gasteiger partial charge in [-0.05, 0) is 37.2 Å². The highest BCUT2D eigenvalue weighted by atomic mass is 32.2. The minimum Gasteiger partial charge on any atom is -0.369 e. The summed E-state index contributed by atoms with van der Waals surface area (Å²) in [6.45, 7) is 7.58. The fourth-order valence-electron chi connectivity index (χ4n) is 2.53. The van der Waals surface area contributed by atoms with Crippen molar-refractivity contribution in [2.45, 2.75) is 13.3 Å². The summed E-state index contributed by atoms with van der Waals surface area (Å²) in [7, 11) is -0.427. The predicted octanol–water partition coefficient (Wildman–Crippen LogP) is 1.44. The van der Waals surface area contributed by atoms with E-state index < -0.39 is 10.2 Å². The van der Waals surface area contributed by atoms with Gasteiger partial charge in [-0.1, -0.05) is 6.92 Å². The SMILES string of the molecule is CCCN1CCN(c2ccc(NS(=O)(=O)N(C)C)cc2)CC1. The Morgan fingerprint density at radius 3 is 2.18 bits per heavy atom. The molecule has 0 atom stereocenters. The van der Waals surface area contributed by atoms with Crippen LogP contribution >= 0.6 is 0 Å². The number of benzene rings is 1. The largest absolute Gasteiger partial charge is 0.369 e. The molecule has 1 aromatic rings. The van der Waals surface area contributed by atoms with Gasteiger partial charge in [0.25, 0.3) is 0 Å². The summed E-state index contributed by atoms with van der Waals surface area (Å²) in [5.74, 6) is 0. The summed E-state index contributed by atoms with van der Waals surface area (Å²) < 4.78 is 27.3. The average molecular weight is 326 g/mol. The topological polar surface area (TPSA) is 55.9 Å². The molecule has 0 amide bonds. The molecule has 0 saturated carbocycles. The normalized spacial score (nSPS) is 17.0. The Kier molecular flexibility index (Phi) is 5.66. The van der Waals surface area contributed by atoms with Crippen LogP contribution in [-0.4, -0.2) is 64.4 Å². The Balaban J connectivity index is 1.95. The van der Waals surface area contributed by atoms with Crippen molar-refractivity contribution in [1.82, 2.24) is 9.21 Å². The molecule has 0 radical (unpaired) electrons. The second-order valence-corrected chi connectivity index (χ2v) is 7.65. The lowest BCUT2D eigenvalue weighted by atomic mass is 10.2. The van der Waals surface area contributed by atoms with E-state index in [9.17, 15) is 8.42 Å². The molecule has 1 aliphatic heterocycles. The summed E-state index contributed by atoms with van der Waals surface area (Å²) in [5.41, 5.74) is 1.73. The van der Waals surface area contributed by atoms with Gasteiger partial charge in [-0.2, -0.15) is 12.7 Å². The third-order valence-corrected chi connectivity index (χ3v) is 5.33. The summed E-state index contributed by atoms with van der Waals surface area (Å²) in [4.78, 5) is 4.83. The van der Waals surface area contributed by atoms with E-state index in [1.165, 1.54) is 27.1 Å². The van der Waals surface area contributed by atoms with Gasteiger partial charge in [0.05, 0.1) is 0 Å². The van der Waals surface area contributed by atoms with Gasteiger partial charge in [-0.25, -0.2) is 0 Å². The van der Waals surface area contributed by atoms with Crippen LogP contribution in [0.15, 0.2) is 24.3 Å². The first-order valence-electron chi connectivity index (χ1n) is 7.70. The van der Waals surface area contributed by atoms with E-state index in [-0.39, 0.29) is 0 Å². The van der Waals surface area contributed by atoms with Crippen LogP contribution in [0.3, 0.4) is 0 Å². The van der Waals surface area contributed by atoms with Gasteiger partial charge < -0.3 is 4.90 Å². The quantitative estimate of drug-likeness (QED) is 0.859. The van der Waals surface area contributed by atoms with Crippen molar-refractivity contribution >= 4 is 21.6 Å². The maximum Gasteiger partial charge on any atom is 0.301 e. The van der Waals surface area contributed by atoms with E-state index in [0.717, 1.165) is 36.2 Å². The molecule has 7 heteroatoms. The molecule has 0 bridgehead atoms. The smallest absolute Gasteiger partial charge is 0.301 e. The van der Waals surface area contributed by atoms with Crippen LogP contribution in [0.5, 0.6) is 0 Å². The van der Waals surface area contributed by atoms with Gasteiger partial charge in [-0.15, -0.1) is 0 Å². The zero-order valence-electron chi connectivity index (χ0n) is 13.6. The Morgan fingerprint density at radius 2 is 1.68 bits per heavy atom. The summed E-state index contributed by atoms with van der Waals surface area (Å²) in [6.07, 6.45) is 1.20. The molecule has 0 aliphatic carbocycles. The number of rotatable bonds is 6. The molecule has 22 heavy (non-hydrogen) atoms. The second-order valence-electron chi connectivity index (χ2n) is 5.77. The molecule has 6 nitrogen and oxygen atoms in total. The van der Waals surface area contributed by atoms with Crippen molar-refractivity contribution in [3.8, 4) is 0 Å². The van der Waals surface area contributed by atoms with Gasteiger partial charge >= 0.3 is 10.2 Å². The first kappa shape index (κ1) is 17.1. The average Bonchev–Trinajstić information content (AvgIpc) is 2.49. The van der Waals surface area contributed by atoms with Gasteiger partial charge in [0.1, 0.15) is 0 Å². The Labute approximate surface area is 133 Å². The van der Waals surface area contributed by atoms with Crippen LogP contribution < -0.4 is 9.62 Å². The van der Waals surface area contributed by atoms with Crippen LogP contribution in [0.25, 0.3) is 0 Å². The molecular formula is C15H26N4O2S. The van der Waals surface area contributed by atoms with Crippen molar-refractivity contribution in [2.24, 2.45) is 0 Å². The van der Waals surface area contributed by atoms with E-state index in [4.69, 9.17) is 0 Å². The highest BCUT2D eigenvalue weighted by Crippen LogP contribution is 2.20. The van der Waals surface area contributed by atoms with Crippen molar-refractivity contribution in [3.63, 3.8) is 0 Å². The molecule has 2 rings (SSSR count). The van der Waals surface area contributed by atoms with Gasteiger partial charge in [0, 0.05) is 51.6 Å². The maximum absolute atomic E-state index is 11.8. The Hall–Kier alpha value is -1.31. The van der Waals surface area contributed by atoms with Crippen molar-refractivity contribution in [1.29, 1.82) is 0 Å². The molecule has 1 aromatic carbocycles. The van der Waals surface area contributed by atoms with Crippen LogP contribution in [0.2, 0.25) is 0 Å². The van der Waals surface area contributed by atoms with Gasteiger partial charge in [0.2, 0.25) is 0 Å². The first-order chi connectivity index (χ1) is 10.4. The van der Waals surface area contributed by atoms with Gasteiger partial charge in [-0.3, -0.25) is 9.62 Å². The van der Waals surface area contributed by atoms with Crippen LogP contribution in [0.4, 0.5) is 11.4 Å². The molecule has 0 aromatic heterocycles. The number of anilines is 2. The molecule has 0 unspecified atom stereocenters. The minimum absolute atomic E-state index is 0.585. The number of nitrogens with zero attached hydrogens (tertiary/aromatic N) is 3. The molecule has 1 heterocycles. The van der Waals surface area contributed by atoms with Crippen LogP contribution in [0, 0.1) is 0 Å². The second kappa shape index (κ2) is 7.30. The number of hydrogen-bond acceptors (Lipinski definition) is 4. The fraction of sp³-hybridized carbons (Fsp3) is 0.600. The fourth-order valence-corrected chi connectivity index (χ4v) is 3.14. The van der Waals surface area contributed by atoms with Crippen molar-refractivity contribution < 1.29 is 8.42 Å². The van der Waals surface area contributed by atoms with Crippen molar-refractivity contribution in [2.75, 3.05) is 56.4 Å². The monoisotopic (exact) mass is 326 g/mol. The highest BCUT2D eigenvalue weighted by molar-refractivity contribution is 7.90. The lowest BCUT2D eigenvalue weighted by Gasteiger charge is -2.36. The number of piperazine rings is 1. The highest BCUT2D eigenvalue weighted by Gasteiger charge is 2.17. The number of nitrogens with one attached hydrogen (secondary N) is 1. The summed E-state index contributed by atoms with van der Waals surface area (Å²) in [5, 5.41) is 0. The number of hydrogen-bond donors (Lipinski definition) is 1. The van der Waals surface area contributed by atoms with Crippen LogP contribution in [0.1, 0.15) is 13.3 Å². The first-order valence-corrected chi connectivity index (χ1v) is 9.14. The Morgan fingerprint density at radius 1 is 1.09 bits per heavy atom. The third-order valence-electron chi connectivity index (χ3n) is 3.87. The molecule has 1 saturated heterocycles. The van der Waals surface area contributed by atoms with Gasteiger partial charge in [0.15, 0.2) is 0 Å². The molecule has 124 valence electrons. The third kappa shape index (κ3) is 4.34. The summed E-state index contributed by atoms with van der Waals surface area (Å²) >= 11 is 0. The van der Waals surface area contributed by atoms with Crippen LogP contribution in [-0.2, 0) is 10.2 Å². The maximum atomic E-state index is 11.8. The van der Waals surface area contributed by atoms with E-state index in [1.807, 2.05) is 24.3 Å². The summed E-state index contributed by atoms with van der Waals surface area (Å²) in [6, 6.07) is 7.58. The van der Waals surface area contributed by atoms with E-state index in [2.05, 4.69) is 21.4 Å². The molecule has 1 N–H and O–H groups in total. The minimum atomic E-state index is -3.44. The van der Waals surface area contributed by atoms with E-state index in [0.29, 0.717) is 5.69 Å². The molecule has 1 fully saturated rings.